The molecule has 34 heavy (non-hydrogen) atoms. The number of imidazole rings is 1. The topological polar surface area (TPSA) is 85.2 Å². The molecule has 184 valence electrons. The molecule has 7 atom stereocenters. The van der Waals surface area contributed by atoms with Gasteiger partial charge in [-0.05, 0) is 86.6 Å². The predicted molar refractivity (Wildman–Crippen MR) is 131 cm³/mol. The highest BCUT2D eigenvalue weighted by atomic mass is 35.5. The molecule has 9 heteroatoms. The van der Waals surface area contributed by atoms with Crippen LogP contribution >= 0.6 is 11.6 Å². The molecule has 2 aliphatic carbocycles. The molecule has 2 aromatic heterocycles. The highest BCUT2D eigenvalue weighted by Gasteiger charge is 2.59. The van der Waals surface area contributed by atoms with E-state index in [0.29, 0.717) is 30.2 Å². The van der Waals surface area contributed by atoms with E-state index >= 15 is 0 Å². The maximum atomic E-state index is 12.1. The van der Waals surface area contributed by atoms with E-state index in [2.05, 4.69) is 38.7 Å². The number of nitrogens with zero attached hydrogens (tertiary/aromatic N) is 5. The molecule has 4 heterocycles. The summed E-state index contributed by atoms with van der Waals surface area (Å²) in [5.74, 6) is 2.82. The molecule has 8 nitrogen and oxygen atoms in total. The lowest BCUT2D eigenvalue weighted by Gasteiger charge is -2.62. The number of piperidine rings is 1. The summed E-state index contributed by atoms with van der Waals surface area (Å²) >= 11 is 6.27. The Morgan fingerprint density at radius 1 is 1.12 bits per heavy atom. The molecule has 0 spiro atoms. The SMILES string of the molecule is CN(C)c1nc(Cl)nc2c1ncn2[C@@H]1CC[C@H]2[C@@H]3CC[C@H]4NC(=O)CC[C@]4(C)[C@H]3CC[C@]2(C)O1. The zero-order valence-corrected chi connectivity index (χ0v) is 21.3. The molecule has 0 aromatic carbocycles. The average Bonchev–Trinajstić information content (AvgIpc) is 3.21. The van der Waals surface area contributed by atoms with Crippen molar-refractivity contribution in [3.05, 3.63) is 11.6 Å². The van der Waals surface area contributed by atoms with E-state index in [0.717, 1.165) is 55.5 Å². The van der Waals surface area contributed by atoms with E-state index in [1.54, 1.807) is 0 Å². The number of carbonyl (C=O) groups is 1. The first-order valence-corrected chi connectivity index (χ1v) is 13.1. The van der Waals surface area contributed by atoms with Gasteiger partial charge >= 0.3 is 0 Å². The van der Waals surface area contributed by atoms with Gasteiger partial charge in [0, 0.05) is 26.6 Å². The van der Waals surface area contributed by atoms with Crippen molar-refractivity contribution >= 4 is 34.5 Å². The van der Waals surface area contributed by atoms with Crippen LogP contribution in [0.3, 0.4) is 0 Å². The van der Waals surface area contributed by atoms with Gasteiger partial charge in [0.1, 0.15) is 6.23 Å². The van der Waals surface area contributed by atoms with Crippen LogP contribution in [0, 0.1) is 23.2 Å². The summed E-state index contributed by atoms with van der Waals surface area (Å²) in [6, 6.07) is 0.337. The van der Waals surface area contributed by atoms with Gasteiger partial charge in [-0.3, -0.25) is 9.36 Å². The van der Waals surface area contributed by atoms with Crippen molar-refractivity contribution in [3.63, 3.8) is 0 Å². The summed E-state index contributed by atoms with van der Waals surface area (Å²) in [5, 5.41) is 3.55. The Hall–Kier alpha value is -1.93. The molecule has 6 rings (SSSR count). The lowest BCUT2D eigenvalue weighted by molar-refractivity contribution is -0.231. The van der Waals surface area contributed by atoms with Crippen LogP contribution in [0.1, 0.15) is 71.4 Å². The quantitative estimate of drug-likeness (QED) is 0.636. The first-order chi connectivity index (χ1) is 16.2. The molecule has 1 amide bonds. The van der Waals surface area contributed by atoms with E-state index < -0.39 is 0 Å². The monoisotopic (exact) mass is 486 g/mol. The molecule has 0 radical (unpaired) electrons. The van der Waals surface area contributed by atoms with Crippen molar-refractivity contribution in [1.82, 2.24) is 24.8 Å². The van der Waals surface area contributed by atoms with E-state index in [4.69, 9.17) is 16.3 Å². The molecule has 2 aliphatic heterocycles. The zero-order chi connectivity index (χ0) is 23.8. The standard InChI is InChI=1S/C25H35ClN6O2/c1-24-11-10-18(33)28-17(24)7-5-14-15(24)9-12-25(2)16(14)6-8-19(34-25)32-13-27-20-21(31(3)4)29-23(26)30-22(20)32/h13-17,19H,5-12H2,1-4H3,(H,28,33)/t14-,15+,16+,17-,19+,24-,25+/m1/s1. The third kappa shape index (κ3) is 3.28. The maximum absolute atomic E-state index is 12.1. The Kier molecular flexibility index (Phi) is 5.16. The number of fused-ring (bicyclic) bond motifs is 6. The number of amides is 1. The number of anilines is 1. The fraction of sp³-hybridized carbons (Fsp3) is 0.760. The van der Waals surface area contributed by atoms with Gasteiger partial charge < -0.3 is 15.0 Å². The minimum atomic E-state index is -0.164. The Bertz CT molecular complexity index is 1140. The highest BCUT2D eigenvalue weighted by Crippen LogP contribution is 2.61. The van der Waals surface area contributed by atoms with Crippen LogP contribution in [0.15, 0.2) is 6.33 Å². The Labute approximate surface area is 205 Å². The van der Waals surface area contributed by atoms with E-state index in [9.17, 15) is 4.79 Å². The third-order valence-corrected chi connectivity index (χ3v) is 9.84. The summed E-state index contributed by atoms with van der Waals surface area (Å²) in [4.78, 5) is 27.5. The Morgan fingerprint density at radius 3 is 2.74 bits per heavy atom. The lowest BCUT2D eigenvalue weighted by atomic mass is 9.48. The molecule has 4 aliphatic rings. The van der Waals surface area contributed by atoms with Gasteiger partial charge in [-0.15, -0.1) is 0 Å². The summed E-state index contributed by atoms with van der Waals surface area (Å²) in [6.45, 7) is 4.76. The summed E-state index contributed by atoms with van der Waals surface area (Å²) < 4.78 is 9.00. The van der Waals surface area contributed by atoms with Crippen LogP contribution in [0.4, 0.5) is 5.82 Å². The lowest BCUT2D eigenvalue weighted by Crippen LogP contribution is -2.63. The molecule has 1 N–H and O–H groups in total. The van der Waals surface area contributed by atoms with Crippen LogP contribution in [0.5, 0.6) is 0 Å². The van der Waals surface area contributed by atoms with Gasteiger partial charge in [-0.2, -0.15) is 9.97 Å². The molecule has 0 unspecified atom stereocenters. The van der Waals surface area contributed by atoms with E-state index in [-0.39, 0.29) is 28.4 Å². The van der Waals surface area contributed by atoms with E-state index in [1.807, 2.05) is 25.3 Å². The number of halogens is 1. The summed E-state index contributed by atoms with van der Waals surface area (Å²) in [5.41, 5.74) is 1.53. The van der Waals surface area contributed by atoms with Crippen molar-refractivity contribution in [2.75, 3.05) is 19.0 Å². The van der Waals surface area contributed by atoms with Gasteiger partial charge in [0.2, 0.25) is 11.2 Å². The highest BCUT2D eigenvalue weighted by molar-refractivity contribution is 6.28. The van der Waals surface area contributed by atoms with Gasteiger partial charge in [0.05, 0.1) is 11.9 Å². The first kappa shape index (κ1) is 22.5. The number of aromatic nitrogens is 4. The molecule has 2 aromatic rings. The number of ether oxygens (including phenoxy) is 1. The van der Waals surface area contributed by atoms with Crippen molar-refractivity contribution in [2.24, 2.45) is 23.2 Å². The minimum Gasteiger partial charge on any atom is -0.361 e. The van der Waals surface area contributed by atoms with Crippen molar-refractivity contribution < 1.29 is 9.53 Å². The van der Waals surface area contributed by atoms with Crippen molar-refractivity contribution in [1.29, 1.82) is 0 Å². The summed E-state index contributed by atoms with van der Waals surface area (Å²) in [7, 11) is 3.87. The fourth-order valence-corrected chi connectivity index (χ4v) is 8.10. The predicted octanol–water partition coefficient (Wildman–Crippen LogP) is 4.33. The second kappa shape index (κ2) is 7.79. The second-order valence-corrected chi connectivity index (χ2v) is 12.0. The number of rotatable bonds is 2. The summed E-state index contributed by atoms with van der Waals surface area (Å²) in [6.07, 6.45) is 9.98. The molecular formula is C25H35ClN6O2. The third-order valence-electron chi connectivity index (χ3n) is 9.67. The average molecular weight is 487 g/mol. The zero-order valence-electron chi connectivity index (χ0n) is 20.6. The van der Waals surface area contributed by atoms with Gasteiger partial charge in [-0.25, -0.2) is 4.98 Å². The molecule has 2 saturated carbocycles. The van der Waals surface area contributed by atoms with Crippen molar-refractivity contribution in [2.45, 2.75) is 83.1 Å². The van der Waals surface area contributed by atoms with Gasteiger partial charge in [0.15, 0.2) is 17.0 Å². The Morgan fingerprint density at radius 2 is 1.94 bits per heavy atom. The number of hydrogen-bond acceptors (Lipinski definition) is 6. The van der Waals surface area contributed by atoms with Crippen LogP contribution in [-0.2, 0) is 9.53 Å². The van der Waals surface area contributed by atoms with Gasteiger partial charge in [-0.1, -0.05) is 6.92 Å². The second-order valence-electron chi connectivity index (χ2n) is 11.6. The number of hydrogen-bond donors (Lipinski definition) is 1. The smallest absolute Gasteiger partial charge is 0.226 e. The normalized spacial score (nSPS) is 39.7. The van der Waals surface area contributed by atoms with E-state index in [1.165, 1.54) is 6.42 Å². The maximum Gasteiger partial charge on any atom is 0.226 e. The Balaban J connectivity index is 1.27. The minimum absolute atomic E-state index is 0.107. The number of carbonyl (C=O) groups excluding carboxylic acids is 1. The van der Waals surface area contributed by atoms with Crippen LogP contribution in [0.25, 0.3) is 11.2 Å². The molecule has 4 fully saturated rings. The van der Waals surface area contributed by atoms with Crippen molar-refractivity contribution in [3.8, 4) is 0 Å². The van der Waals surface area contributed by atoms with Crippen LogP contribution in [-0.4, -0.2) is 51.2 Å². The molecule has 0 bridgehead atoms. The molecule has 2 saturated heterocycles. The first-order valence-electron chi connectivity index (χ1n) is 12.7. The van der Waals surface area contributed by atoms with Crippen LogP contribution in [0.2, 0.25) is 5.28 Å². The van der Waals surface area contributed by atoms with Crippen LogP contribution < -0.4 is 10.2 Å². The number of nitrogens with one attached hydrogen (secondary N) is 1. The van der Waals surface area contributed by atoms with Gasteiger partial charge in [0.25, 0.3) is 0 Å². The molecular weight excluding hydrogens is 452 g/mol. The fourth-order valence-electron chi connectivity index (χ4n) is 7.94. The largest absolute Gasteiger partial charge is 0.361 e.